The van der Waals surface area contributed by atoms with E-state index in [0.29, 0.717) is 6.42 Å². The summed E-state index contributed by atoms with van der Waals surface area (Å²) in [6.45, 7) is 4.41. The number of carbonyl (C=O) groups excluding carboxylic acids is 1. The Kier molecular flexibility index (Phi) is 3.51. The van der Waals surface area contributed by atoms with Crippen LogP contribution in [0, 0.1) is 5.41 Å². The fourth-order valence-electron chi connectivity index (χ4n) is 4.75. The van der Waals surface area contributed by atoms with Gasteiger partial charge in [0.25, 0.3) is 0 Å². The number of anilines is 1. The first-order chi connectivity index (χ1) is 13.0. The second kappa shape index (κ2) is 5.82. The lowest BCUT2D eigenvalue weighted by Gasteiger charge is -2.40. The van der Waals surface area contributed by atoms with Crippen molar-refractivity contribution < 1.29 is 4.79 Å². The minimum absolute atomic E-state index is 0.00723. The molecule has 2 aliphatic rings. The minimum atomic E-state index is -0.00723. The van der Waals surface area contributed by atoms with Crippen molar-refractivity contribution in [2.75, 3.05) is 5.32 Å². The Hall–Kier alpha value is -2.87. The minimum Gasteiger partial charge on any atom is -0.374 e. The van der Waals surface area contributed by atoms with Gasteiger partial charge in [-0.2, -0.15) is 0 Å². The Balaban J connectivity index is 1.82. The van der Waals surface area contributed by atoms with Crippen LogP contribution in [-0.4, -0.2) is 5.78 Å². The van der Waals surface area contributed by atoms with E-state index in [1.54, 1.807) is 0 Å². The van der Waals surface area contributed by atoms with Crippen molar-refractivity contribution in [1.29, 1.82) is 0 Å². The molecule has 1 aliphatic heterocycles. The molecule has 1 aliphatic carbocycles. The van der Waals surface area contributed by atoms with Crippen molar-refractivity contribution in [3.05, 3.63) is 83.4 Å². The summed E-state index contributed by atoms with van der Waals surface area (Å²) in [4.78, 5) is 13.3. The van der Waals surface area contributed by atoms with Crippen molar-refractivity contribution in [3.8, 4) is 0 Å². The molecule has 3 aromatic rings. The van der Waals surface area contributed by atoms with Crippen molar-refractivity contribution in [2.24, 2.45) is 5.41 Å². The summed E-state index contributed by atoms with van der Waals surface area (Å²) >= 11 is 0. The maximum atomic E-state index is 13.3. The molecule has 1 atom stereocenters. The summed E-state index contributed by atoms with van der Waals surface area (Å²) in [5.41, 5.74) is 5.56. The molecule has 5 rings (SSSR count). The Bertz CT molecular complexity index is 1090. The molecule has 2 nitrogen and oxygen atoms in total. The number of nitrogens with one attached hydrogen (secondary N) is 1. The standard InChI is InChI=1S/C25H23NO/c1-25(2)14-19-23(21(27)15-25)22-18-11-7-6-8-16(18)12-13-20(22)26-24(19)17-9-4-3-5-10-17/h3-13,24,26H,14-15H2,1-2H3. The molecule has 27 heavy (non-hydrogen) atoms. The Morgan fingerprint density at radius 1 is 0.889 bits per heavy atom. The Morgan fingerprint density at radius 2 is 1.63 bits per heavy atom. The number of rotatable bonds is 1. The van der Waals surface area contributed by atoms with Crippen molar-refractivity contribution in [1.82, 2.24) is 0 Å². The van der Waals surface area contributed by atoms with Crippen LogP contribution in [0.4, 0.5) is 5.69 Å². The van der Waals surface area contributed by atoms with Crippen LogP contribution in [-0.2, 0) is 4.79 Å². The monoisotopic (exact) mass is 353 g/mol. The second-order valence-electron chi connectivity index (χ2n) is 8.54. The smallest absolute Gasteiger partial charge is 0.164 e. The van der Waals surface area contributed by atoms with E-state index in [4.69, 9.17) is 0 Å². The van der Waals surface area contributed by atoms with Crippen LogP contribution in [0.1, 0.15) is 43.9 Å². The van der Waals surface area contributed by atoms with Gasteiger partial charge in [-0.1, -0.05) is 74.5 Å². The third kappa shape index (κ3) is 2.59. The molecule has 1 N–H and O–H groups in total. The molecule has 0 radical (unpaired) electrons. The van der Waals surface area contributed by atoms with Crippen molar-refractivity contribution in [2.45, 2.75) is 32.7 Å². The number of fused-ring (bicyclic) bond motifs is 4. The van der Waals surface area contributed by atoms with Crippen molar-refractivity contribution in [3.63, 3.8) is 0 Å². The summed E-state index contributed by atoms with van der Waals surface area (Å²) in [7, 11) is 0. The second-order valence-corrected chi connectivity index (χ2v) is 8.54. The molecule has 1 heterocycles. The normalized spacial score (nSPS) is 20.8. The molecule has 0 amide bonds. The molecular weight excluding hydrogens is 330 g/mol. The lowest BCUT2D eigenvalue weighted by atomic mass is 9.68. The van der Waals surface area contributed by atoms with Gasteiger partial charge in [-0.3, -0.25) is 4.79 Å². The van der Waals surface area contributed by atoms with Crippen molar-refractivity contribution >= 4 is 27.8 Å². The van der Waals surface area contributed by atoms with Gasteiger partial charge in [0.1, 0.15) is 0 Å². The van der Waals surface area contributed by atoms with E-state index in [1.165, 1.54) is 16.5 Å². The number of benzene rings is 3. The molecule has 0 saturated carbocycles. The van der Waals surface area contributed by atoms with Crippen LogP contribution in [0.5, 0.6) is 0 Å². The third-order valence-corrected chi connectivity index (χ3v) is 5.87. The van der Waals surface area contributed by atoms with E-state index in [-0.39, 0.29) is 17.2 Å². The highest BCUT2D eigenvalue weighted by molar-refractivity contribution is 6.28. The van der Waals surface area contributed by atoms with E-state index in [2.05, 4.69) is 79.8 Å². The largest absolute Gasteiger partial charge is 0.374 e. The zero-order valence-electron chi connectivity index (χ0n) is 15.8. The summed E-state index contributed by atoms with van der Waals surface area (Å²) in [6.07, 6.45) is 1.54. The van der Waals surface area contributed by atoms with Gasteiger partial charge >= 0.3 is 0 Å². The molecule has 1 unspecified atom stereocenters. The number of Topliss-reactive ketones (excluding diaryl/α,β-unsaturated/α-hetero) is 1. The lowest BCUT2D eigenvalue weighted by Crippen LogP contribution is -2.32. The van der Waals surface area contributed by atoms with Crippen LogP contribution in [0.25, 0.3) is 16.3 Å². The maximum absolute atomic E-state index is 13.3. The maximum Gasteiger partial charge on any atom is 0.164 e. The van der Waals surface area contributed by atoms with Crippen LogP contribution in [0.2, 0.25) is 0 Å². The highest BCUT2D eigenvalue weighted by Crippen LogP contribution is 2.51. The molecule has 0 fully saturated rings. The first kappa shape index (κ1) is 16.3. The fourth-order valence-corrected chi connectivity index (χ4v) is 4.75. The van der Waals surface area contributed by atoms with Gasteiger partial charge in [0.15, 0.2) is 5.78 Å². The van der Waals surface area contributed by atoms with Gasteiger partial charge in [-0.15, -0.1) is 0 Å². The van der Waals surface area contributed by atoms with Gasteiger partial charge in [-0.25, -0.2) is 0 Å². The number of ketones is 1. The molecule has 0 aromatic heterocycles. The zero-order chi connectivity index (χ0) is 18.6. The number of hydrogen-bond acceptors (Lipinski definition) is 2. The van der Waals surface area contributed by atoms with E-state index in [9.17, 15) is 4.79 Å². The molecule has 0 saturated heterocycles. The zero-order valence-corrected chi connectivity index (χ0v) is 15.8. The number of allylic oxidation sites excluding steroid dienone is 1. The average molecular weight is 353 g/mol. The molecule has 2 heteroatoms. The topological polar surface area (TPSA) is 29.1 Å². The van der Waals surface area contributed by atoms with E-state index < -0.39 is 0 Å². The Labute approximate surface area is 159 Å². The Morgan fingerprint density at radius 3 is 2.44 bits per heavy atom. The summed E-state index contributed by atoms with van der Waals surface area (Å²) in [5.74, 6) is 0.279. The van der Waals surface area contributed by atoms with E-state index >= 15 is 0 Å². The van der Waals surface area contributed by atoms with Gasteiger partial charge in [0.2, 0.25) is 0 Å². The molecule has 134 valence electrons. The first-order valence-electron chi connectivity index (χ1n) is 9.63. The summed E-state index contributed by atoms with van der Waals surface area (Å²) < 4.78 is 0. The van der Waals surface area contributed by atoms with E-state index in [0.717, 1.165) is 28.6 Å². The third-order valence-electron chi connectivity index (χ3n) is 5.87. The van der Waals surface area contributed by atoms with Gasteiger partial charge < -0.3 is 5.32 Å². The first-order valence-corrected chi connectivity index (χ1v) is 9.63. The van der Waals surface area contributed by atoms with Gasteiger partial charge in [-0.05, 0) is 39.8 Å². The molecular formula is C25H23NO. The van der Waals surface area contributed by atoms with Gasteiger partial charge in [0, 0.05) is 23.2 Å². The fraction of sp³-hybridized carbons (Fsp3) is 0.240. The quantitative estimate of drug-likeness (QED) is 0.568. The van der Waals surface area contributed by atoms with Crippen LogP contribution in [0.15, 0.2) is 72.3 Å². The molecule has 0 bridgehead atoms. The summed E-state index contributed by atoms with van der Waals surface area (Å²) in [6, 6.07) is 23.2. The van der Waals surface area contributed by atoms with E-state index in [1.807, 2.05) is 6.07 Å². The van der Waals surface area contributed by atoms with Crippen LogP contribution in [0.3, 0.4) is 0 Å². The SMILES string of the molecule is CC1(C)CC(=O)C2=C(C1)C(c1ccccc1)Nc1ccc3ccccc3c12. The predicted octanol–water partition coefficient (Wildman–Crippen LogP) is 6.15. The van der Waals surface area contributed by atoms with Gasteiger partial charge in [0.05, 0.1) is 6.04 Å². The predicted molar refractivity (Wildman–Crippen MR) is 112 cm³/mol. The lowest BCUT2D eigenvalue weighted by molar-refractivity contribution is -0.116. The number of hydrogen-bond donors (Lipinski definition) is 1. The van der Waals surface area contributed by atoms with Crippen LogP contribution >= 0.6 is 0 Å². The highest BCUT2D eigenvalue weighted by atomic mass is 16.1. The molecule has 0 spiro atoms. The molecule has 3 aromatic carbocycles. The number of carbonyl (C=O) groups is 1. The van der Waals surface area contributed by atoms with Crippen LogP contribution < -0.4 is 5.32 Å². The average Bonchev–Trinajstić information content (AvgIpc) is 2.66. The summed E-state index contributed by atoms with van der Waals surface area (Å²) in [5, 5.41) is 6.10. The highest BCUT2D eigenvalue weighted by Gasteiger charge is 2.40.